The average molecular weight is 383 g/mol. The van der Waals surface area contributed by atoms with E-state index in [-0.39, 0.29) is 17.7 Å². The second kappa shape index (κ2) is 6.85. The summed E-state index contributed by atoms with van der Waals surface area (Å²) in [4.78, 5) is 27.3. The zero-order chi connectivity index (χ0) is 19.0. The molecule has 0 spiro atoms. The largest absolute Gasteiger partial charge is 0.503 e. The summed E-state index contributed by atoms with van der Waals surface area (Å²) in [6.07, 6.45) is 1.46. The molecule has 1 aliphatic rings. The average Bonchev–Trinajstić information content (AvgIpc) is 3.40. The molecule has 1 amide bonds. The van der Waals surface area contributed by atoms with Gasteiger partial charge in [0.2, 0.25) is 5.78 Å². The SMILES string of the molecule is O=C(C1=C(O)C(=O)N(Cc2ccco2)[C@@H]1c1ccccc1F)c1cccs1. The van der Waals surface area contributed by atoms with Gasteiger partial charge in [0, 0.05) is 5.56 Å². The summed E-state index contributed by atoms with van der Waals surface area (Å²) in [5.74, 6) is -1.99. The lowest BCUT2D eigenvalue weighted by molar-refractivity contribution is -0.130. The number of carbonyl (C=O) groups is 2. The number of amides is 1. The summed E-state index contributed by atoms with van der Waals surface area (Å²) >= 11 is 1.19. The number of hydrogen-bond donors (Lipinski definition) is 1. The number of rotatable bonds is 5. The molecule has 0 saturated carbocycles. The molecule has 1 aromatic carbocycles. The van der Waals surface area contributed by atoms with Crippen LogP contribution in [0.15, 0.2) is 75.9 Å². The van der Waals surface area contributed by atoms with Gasteiger partial charge in [-0.25, -0.2) is 4.39 Å². The summed E-state index contributed by atoms with van der Waals surface area (Å²) in [6, 6.07) is 11.5. The maximum atomic E-state index is 14.6. The normalized spacial score (nSPS) is 17.0. The minimum atomic E-state index is -1.04. The number of benzene rings is 1. The zero-order valence-corrected chi connectivity index (χ0v) is 14.8. The van der Waals surface area contributed by atoms with Crippen LogP contribution in [0.4, 0.5) is 4.39 Å². The maximum absolute atomic E-state index is 14.6. The Morgan fingerprint density at radius 1 is 1.19 bits per heavy atom. The molecule has 3 heterocycles. The van der Waals surface area contributed by atoms with E-state index in [4.69, 9.17) is 4.42 Å². The first kappa shape index (κ1) is 17.2. The van der Waals surface area contributed by atoms with E-state index in [2.05, 4.69) is 0 Å². The molecule has 136 valence electrons. The number of nitrogens with zero attached hydrogens (tertiary/aromatic N) is 1. The molecule has 5 nitrogen and oxygen atoms in total. The molecule has 0 unspecified atom stereocenters. The van der Waals surface area contributed by atoms with E-state index in [1.165, 1.54) is 40.7 Å². The van der Waals surface area contributed by atoms with Crippen LogP contribution in [0.3, 0.4) is 0 Å². The third-order valence-corrected chi connectivity index (χ3v) is 5.27. The molecule has 0 aliphatic carbocycles. The van der Waals surface area contributed by atoms with Crippen LogP contribution in [0.1, 0.15) is 27.0 Å². The Labute approximate surface area is 158 Å². The van der Waals surface area contributed by atoms with Crippen molar-refractivity contribution in [2.24, 2.45) is 0 Å². The predicted octanol–water partition coefficient (Wildman–Crippen LogP) is 4.26. The lowest BCUT2D eigenvalue weighted by Gasteiger charge is -2.26. The summed E-state index contributed by atoms with van der Waals surface area (Å²) in [5.41, 5.74) is 0.0143. The number of Topliss-reactive ketones (excluding diaryl/α,β-unsaturated/α-hetero) is 1. The van der Waals surface area contributed by atoms with Crippen molar-refractivity contribution >= 4 is 23.0 Å². The minimum absolute atomic E-state index is 0.00385. The Balaban J connectivity index is 1.83. The van der Waals surface area contributed by atoms with Gasteiger partial charge in [-0.15, -0.1) is 11.3 Å². The molecule has 0 bridgehead atoms. The van der Waals surface area contributed by atoms with Gasteiger partial charge in [0.1, 0.15) is 11.6 Å². The highest BCUT2D eigenvalue weighted by molar-refractivity contribution is 7.12. The van der Waals surface area contributed by atoms with Crippen LogP contribution in [-0.2, 0) is 11.3 Å². The minimum Gasteiger partial charge on any atom is -0.503 e. The van der Waals surface area contributed by atoms with Crippen molar-refractivity contribution in [1.82, 2.24) is 4.90 Å². The van der Waals surface area contributed by atoms with Gasteiger partial charge in [0.25, 0.3) is 5.91 Å². The third-order valence-electron chi connectivity index (χ3n) is 4.40. The Bertz CT molecular complexity index is 1020. The van der Waals surface area contributed by atoms with Crippen molar-refractivity contribution in [3.8, 4) is 0 Å². The zero-order valence-electron chi connectivity index (χ0n) is 14.0. The quantitative estimate of drug-likeness (QED) is 0.669. The van der Waals surface area contributed by atoms with E-state index in [0.29, 0.717) is 10.6 Å². The molecule has 0 fully saturated rings. The number of halogens is 1. The van der Waals surface area contributed by atoms with E-state index in [0.717, 1.165) is 0 Å². The van der Waals surface area contributed by atoms with E-state index in [1.54, 1.807) is 35.7 Å². The standard InChI is InChI=1S/C20H14FNO4S/c21-14-7-2-1-6-13(14)17-16(18(23)15-8-4-10-27-15)19(24)20(25)22(17)11-12-5-3-9-26-12/h1-10,17,24H,11H2/t17-/m1/s1. The van der Waals surface area contributed by atoms with Gasteiger partial charge in [-0.1, -0.05) is 24.3 Å². The molecular weight excluding hydrogens is 369 g/mol. The van der Waals surface area contributed by atoms with Crippen LogP contribution in [0.5, 0.6) is 0 Å². The van der Waals surface area contributed by atoms with Crippen molar-refractivity contribution in [2.45, 2.75) is 12.6 Å². The van der Waals surface area contributed by atoms with Crippen molar-refractivity contribution in [1.29, 1.82) is 0 Å². The molecule has 3 aromatic rings. The number of aliphatic hydroxyl groups is 1. The van der Waals surface area contributed by atoms with Crippen molar-refractivity contribution in [3.05, 3.63) is 93.5 Å². The molecule has 4 rings (SSSR count). The number of ketones is 1. The fraction of sp³-hybridized carbons (Fsp3) is 0.100. The highest BCUT2D eigenvalue weighted by Crippen LogP contribution is 2.41. The first-order chi connectivity index (χ1) is 13.1. The highest BCUT2D eigenvalue weighted by Gasteiger charge is 2.45. The second-order valence-electron chi connectivity index (χ2n) is 6.01. The molecule has 2 aromatic heterocycles. The number of furan rings is 1. The van der Waals surface area contributed by atoms with Crippen LogP contribution in [0.25, 0.3) is 0 Å². The lowest BCUT2D eigenvalue weighted by Crippen LogP contribution is -2.31. The molecule has 1 atom stereocenters. The summed E-state index contributed by atoms with van der Waals surface area (Å²) < 4.78 is 19.8. The number of thiophene rings is 1. The Kier molecular flexibility index (Phi) is 4.37. The van der Waals surface area contributed by atoms with Crippen molar-refractivity contribution < 1.29 is 23.5 Å². The summed E-state index contributed by atoms with van der Waals surface area (Å²) in [5, 5.41) is 12.2. The fourth-order valence-electron chi connectivity index (χ4n) is 3.18. The van der Waals surface area contributed by atoms with Crippen LogP contribution < -0.4 is 0 Å². The van der Waals surface area contributed by atoms with Crippen LogP contribution >= 0.6 is 11.3 Å². The molecule has 27 heavy (non-hydrogen) atoms. The van der Waals surface area contributed by atoms with E-state index < -0.39 is 29.3 Å². The number of aliphatic hydroxyl groups excluding tert-OH is 1. The molecule has 0 radical (unpaired) electrons. The summed E-state index contributed by atoms with van der Waals surface area (Å²) in [7, 11) is 0. The van der Waals surface area contributed by atoms with Gasteiger partial charge in [0.15, 0.2) is 5.76 Å². The van der Waals surface area contributed by atoms with Gasteiger partial charge in [0.05, 0.1) is 29.3 Å². The number of carbonyl (C=O) groups excluding carboxylic acids is 2. The molecule has 1 aliphatic heterocycles. The highest BCUT2D eigenvalue weighted by atomic mass is 32.1. The van der Waals surface area contributed by atoms with Gasteiger partial charge >= 0.3 is 0 Å². The molecular formula is C20H14FNO4S. The maximum Gasteiger partial charge on any atom is 0.290 e. The first-order valence-electron chi connectivity index (χ1n) is 8.17. The van der Waals surface area contributed by atoms with Gasteiger partial charge in [-0.2, -0.15) is 0 Å². The third kappa shape index (κ3) is 2.96. The molecule has 7 heteroatoms. The van der Waals surface area contributed by atoms with E-state index in [1.807, 2.05) is 0 Å². The van der Waals surface area contributed by atoms with E-state index in [9.17, 15) is 19.1 Å². The topological polar surface area (TPSA) is 70.8 Å². The van der Waals surface area contributed by atoms with Gasteiger partial charge in [-0.3, -0.25) is 9.59 Å². The van der Waals surface area contributed by atoms with Crippen molar-refractivity contribution in [3.63, 3.8) is 0 Å². The van der Waals surface area contributed by atoms with Gasteiger partial charge in [-0.05, 0) is 29.6 Å². The lowest BCUT2D eigenvalue weighted by atomic mass is 9.95. The van der Waals surface area contributed by atoms with Crippen LogP contribution in [0.2, 0.25) is 0 Å². The monoisotopic (exact) mass is 383 g/mol. The second-order valence-corrected chi connectivity index (χ2v) is 6.95. The summed E-state index contributed by atoms with van der Waals surface area (Å²) in [6.45, 7) is -0.00385. The first-order valence-corrected chi connectivity index (χ1v) is 9.05. The smallest absolute Gasteiger partial charge is 0.290 e. The fourth-order valence-corrected chi connectivity index (χ4v) is 3.86. The van der Waals surface area contributed by atoms with Gasteiger partial charge < -0.3 is 14.4 Å². The van der Waals surface area contributed by atoms with Crippen LogP contribution in [-0.4, -0.2) is 21.7 Å². The molecule has 0 saturated heterocycles. The Morgan fingerprint density at radius 2 is 2.00 bits per heavy atom. The van der Waals surface area contributed by atoms with Crippen LogP contribution in [0, 0.1) is 5.82 Å². The Morgan fingerprint density at radius 3 is 2.67 bits per heavy atom. The van der Waals surface area contributed by atoms with E-state index >= 15 is 0 Å². The number of hydrogen-bond acceptors (Lipinski definition) is 5. The predicted molar refractivity (Wildman–Crippen MR) is 96.7 cm³/mol. The van der Waals surface area contributed by atoms with Crippen molar-refractivity contribution in [2.75, 3.05) is 0 Å². The molecule has 1 N–H and O–H groups in total. The Hall–Kier alpha value is -3.19.